The SMILES string of the molecule is CN(C(=O)[C@@H]1C[C@@H]1C(=O)O)C1C2CC3CC(C2)CC1C3. The van der Waals surface area contributed by atoms with Gasteiger partial charge in [0.25, 0.3) is 0 Å². The fraction of sp³-hybridized carbons (Fsp3) is 0.875. The van der Waals surface area contributed by atoms with Gasteiger partial charge >= 0.3 is 5.97 Å². The Morgan fingerprint density at radius 1 is 0.900 bits per heavy atom. The van der Waals surface area contributed by atoms with E-state index in [0.29, 0.717) is 24.3 Å². The first-order valence-corrected chi connectivity index (χ1v) is 8.04. The third kappa shape index (κ3) is 1.80. The Morgan fingerprint density at radius 3 is 1.90 bits per heavy atom. The summed E-state index contributed by atoms with van der Waals surface area (Å²) in [5.41, 5.74) is 0. The van der Waals surface area contributed by atoms with Crippen molar-refractivity contribution in [1.29, 1.82) is 0 Å². The third-order valence-electron chi connectivity index (χ3n) is 6.40. The van der Waals surface area contributed by atoms with E-state index in [9.17, 15) is 9.59 Å². The van der Waals surface area contributed by atoms with E-state index >= 15 is 0 Å². The Labute approximate surface area is 119 Å². The van der Waals surface area contributed by atoms with Gasteiger partial charge < -0.3 is 10.0 Å². The number of hydrogen-bond donors (Lipinski definition) is 1. The van der Waals surface area contributed by atoms with Crippen molar-refractivity contribution in [2.45, 2.75) is 44.6 Å². The number of carboxylic acids is 1. The molecule has 2 atom stereocenters. The van der Waals surface area contributed by atoms with Crippen molar-refractivity contribution in [3.05, 3.63) is 0 Å². The van der Waals surface area contributed by atoms with E-state index < -0.39 is 11.9 Å². The molecule has 5 aliphatic carbocycles. The van der Waals surface area contributed by atoms with Crippen LogP contribution in [0.25, 0.3) is 0 Å². The molecular weight excluding hydrogens is 254 g/mol. The molecule has 4 bridgehead atoms. The van der Waals surface area contributed by atoms with Crippen molar-refractivity contribution in [2.75, 3.05) is 7.05 Å². The van der Waals surface area contributed by atoms with Gasteiger partial charge in [-0.05, 0) is 62.2 Å². The summed E-state index contributed by atoms with van der Waals surface area (Å²) in [6.45, 7) is 0. The molecule has 4 heteroatoms. The lowest BCUT2D eigenvalue weighted by atomic mass is 9.54. The Hall–Kier alpha value is -1.06. The Balaban J connectivity index is 1.48. The second-order valence-corrected chi connectivity index (χ2v) is 7.66. The fourth-order valence-electron chi connectivity index (χ4n) is 5.68. The zero-order valence-electron chi connectivity index (χ0n) is 12.0. The molecule has 0 aromatic carbocycles. The summed E-state index contributed by atoms with van der Waals surface area (Å²) in [5, 5.41) is 9.00. The number of rotatable bonds is 3. The van der Waals surface area contributed by atoms with Crippen LogP contribution in [0.3, 0.4) is 0 Å². The molecule has 0 aromatic heterocycles. The molecule has 0 unspecified atom stereocenters. The van der Waals surface area contributed by atoms with Gasteiger partial charge in [0.2, 0.25) is 5.91 Å². The second-order valence-electron chi connectivity index (χ2n) is 7.66. The highest BCUT2D eigenvalue weighted by molar-refractivity contribution is 5.89. The molecule has 20 heavy (non-hydrogen) atoms. The molecule has 0 radical (unpaired) electrons. The van der Waals surface area contributed by atoms with Crippen molar-refractivity contribution in [2.24, 2.45) is 35.5 Å². The first-order chi connectivity index (χ1) is 9.54. The number of carbonyl (C=O) groups is 2. The van der Waals surface area contributed by atoms with Crippen LogP contribution < -0.4 is 0 Å². The number of aliphatic carboxylic acids is 1. The van der Waals surface area contributed by atoms with Gasteiger partial charge in [0, 0.05) is 13.1 Å². The van der Waals surface area contributed by atoms with Crippen LogP contribution in [-0.4, -0.2) is 35.0 Å². The highest BCUT2D eigenvalue weighted by Gasteiger charge is 2.54. The number of carboxylic acid groups (broad SMARTS) is 1. The topological polar surface area (TPSA) is 57.6 Å². The van der Waals surface area contributed by atoms with Crippen molar-refractivity contribution in [3.8, 4) is 0 Å². The summed E-state index contributed by atoms with van der Waals surface area (Å²) in [4.78, 5) is 25.4. The largest absolute Gasteiger partial charge is 0.481 e. The monoisotopic (exact) mass is 277 g/mol. The highest BCUT2D eigenvalue weighted by Crippen LogP contribution is 2.55. The number of carbonyl (C=O) groups excluding carboxylic acids is 1. The van der Waals surface area contributed by atoms with E-state index in [1.165, 1.54) is 32.1 Å². The summed E-state index contributed by atoms with van der Waals surface area (Å²) in [7, 11) is 1.92. The van der Waals surface area contributed by atoms with Gasteiger partial charge in [-0.25, -0.2) is 0 Å². The van der Waals surface area contributed by atoms with E-state index in [0.717, 1.165) is 11.8 Å². The molecule has 1 amide bonds. The number of hydrogen-bond acceptors (Lipinski definition) is 2. The van der Waals surface area contributed by atoms with Crippen molar-refractivity contribution >= 4 is 11.9 Å². The Bertz CT molecular complexity index is 433. The molecule has 0 spiro atoms. The van der Waals surface area contributed by atoms with E-state index in [1.54, 1.807) is 0 Å². The number of amides is 1. The molecule has 5 aliphatic rings. The smallest absolute Gasteiger partial charge is 0.307 e. The lowest BCUT2D eigenvalue weighted by molar-refractivity contribution is -0.146. The van der Waals surface area contributed by atoms with Crippen LogP contribution in [0.2, 0.25) is 0 Å². The Kier molecular flexibility index (Phi) is 2.67. The predicted octanol–water partition coefficient (Wildman–Crippen LogP) is 1.99. The van der Waals surface area contributed by atoms with E-state index in [2.05, 4.69) is 0 Å². The normalized spacial score (nSPS) is 48.1. The van der Waals surface area contributed by atoms with Crippen LogP contribution in [-0.2, 0) is 9.59 Å². The molecule has 110 valence electrons. The zero-order valence-corrected chi connectivity index (χ0v) is 12.0. The van der Waals surface area contributed by atoms with Gasteiger partial charge in [-0.1, -0.05) is 0 Å². The minimum atomic E-state index is -0.804. The van der Waals surface area contributed by atoms with Crippen LogP contribution in [0.15, 0.2) is 0 Å². The molecule has 0 aromatic rings. The van der Waals surface area contributed by atoms with E-state index in [4.69, 9.17) is 5.11 Å². The highest BCUT2D eigenvalue weighted by atomic mass is 16.4. The molecule has 0 saturated heterocycles. The maximum Gasteiger partial charge on any atom is 0.307 e. The second kappa shape index (κ2) is 4.22. The van der Waals surface area contributed by atoms with Gasteiger partial charge in [-0.3, -0.25) is 9.59 Å². The maximum absolute atomic E-state index is 12.5. The third-order valence-corrected chi connectivity index (χ3v) is 6.40. The zero-order chi connectivity index (χ0) is 14.0. The van der Waals surface area contributed by atoms with Crippen molar-refractivity contribution < 1.29 is 14.7 Å². The lowest BCUT2D eigenvalue weighted by Gasteiger charge is -2.56. The first-order valence-electron chi connectivity index (χ1n) is 8.04. The van der Waals surface area contributed by atoms with Gasteiger partial charge in [0.1, 0.15) is 0 Å². The summed E-state index contributed by atoms with van der Waals surface area (Å²) in [5.74, 6) is 1.81. The van der Waals surface area contributed by atoms with Gasteiger partial charge in [-0.15, -0.1) is 0 Å². The molecule has 1 N–H and O–H groups in total. The van der Waals surface area contributed by atoms with Crippen LogP contribution in [0, 0.1) is 35.5 Å². The quantitative estimate of drug-likeness (QED) is 0.858. The standard InChI is InChI=1S/C16H23NO3/c1-17(15(18)12-7-13(12)16(19)20)14-10-3-8-2-9(5-10)6-11(14)4-8/h8-14H,2-7H2,1H3,(H,19,20)/t8?,9?,10?,11?,12-,13+,14?/m1/s1. The summed E-state index contributed by atoms with van der Waals surface area (Å²) in [6.07, 6.45) is 7.14. The molecule has 5 saturated carbocycles. The molecule has 4 nitrogen and oxygen atoms in total. The first kappa shape index (κ1) is 12.7. The van der Waals surface area contributed by atoms with E-state index in [-0.39, 0.29) is 11.8 Å². The molecular formula is C16H23NO3. The van der Waals surface area contributed by atoms with Gasteiger partial charge in [0.15, 0.2) is 0 Å². The van der Waals surface area contributed by atoms with Gasteiger partial charge in [-0.2, -0.15) is 0 Å². The van der Waals surface area contributed by atoms with Crippen LogP contribution >= 0.6 is 0 Å². The summed E-state index contributed by atoms with van der Waals surface area (Å²) >= 11 is 0. The molecule has 5 rings (SSSR count). The molecule has 0 aliphatic heterocycles. The average Bonchev–Trinajstić information content (AvgIpc) is 3.16. The lowest BCUT2D eigenvalue weighted by Crippen LogP contribution is -2.56. The molecule has 0 heterocycles. The van der Waals surface area contributed by atoms with Crippen LogP contribution in [0.5, 0.6) is 0 Å². The summed E-state index contributed by atoms with van der Waals surface area (Å²) < 4.78 is 0. The van der Waals surface area contributed by atoms with Crippen LogP contribution in [0.1, 0.15) is 38.5 Å². The van der Waals surface area contributed by atoms with Crippen molar-refractivity contribution in [1.82, 2.24) is 4.90 Å². The number of nitrogens with zero attached hydrogens (tertiary/aromatic N) is 1. The van der Waals surface area contributed by atoms with E-state index in [1.807, 2.05) is 11.9 Å². The van der Waals surface area contributed by atoms with Gasteiger partial charge in [0.05, 0.1) is 11.8 Å². The minimum absolute atomic E-state index is 0.0925. The van der Waals surface area contributed by atoms with Crippen molar-refractivity contribution in [3.63, 3.8) is 0 Å². The van der Waals surface area contributed by atoms with Crippen LogP contribution in [0.4, 0.5) is 0 Å². The minimum Gasteiger partial charge on any atom is -0.481 e. The Morgan fingerprint density at radius 2 is 1.45 bits per heavy atom. The summed E-state index contributed by atoms with van der Waals surface area (Å²) in [6, 6.07) is 0.394. The predicted molar refractivity (Wildman–Crippen MR) is 72.8 cm³/mol. The maximum atomic E-state index is 12.5. The molecule has 5 fully saturated rings. The average molecular weight is 277 g/mol. The fourth-order valence-corrected chi connectivity index (χ4v) is 5.68.